The number of aromatic nitrogens is 1. The van der Waals surface area contributed by atoms with Crippen LogP contribution in [0.4, 0.5) is 13.2 Å². The highest BCUT2D eigenvalue weighted by Crippen LogP contribution is 2.46. The van der Waals surface area contributed by atoms with Gasteiger partial charge in [-0.2, -0.15) is 0 Å². The van der Waals surface area contributed by atoms with Gasteiger partial charge in [0.2, 0.25) is 0 Å². The minimum Gasteiger partial charge on any atom is -0.485 e. The predicted molar refractivity (Wildman–Crippen MR) is 97.6 cm³/mol. The summed E-state index contributed by atoms with van der Waals surface area (Å²) in [6.45, 7) is -0.0966. The molecule has 148 valence electrons. The van der Waals surface area contributed by atoms with Crippen LogP contribution in [0.25, 0.3) is 22.2 Å². The summed E-state index contributed by atoms with van der Waals surface area (Å²) < 4.78 is 47.8. The number of ether oxygens (including phenoxy) is 1. The van der Waals surface area contributed by atoms with Crippen LogP contribution < -0.4 is 10.1 Å². The van der Waals surface area contributed by atoms with Crippen LogP contribution in [0, 0.1) is 17.5 Å². The van der Waals surface area contributed by atoms with Gasteiger partial charge in [-0.05, 0) is 24.7 Å². The zero-order chi connectivity index (χ0) is 19.8. The van der Waals surface area contributed by atoms with E-state index >= 15 is 0 Å². The average molecular weight is 392 g/mol. The van der Waals surface area contributed by atoms with Crippen molar-refractivity contribution in [2.24, 2.45) is 0 Å². The first kappa shape index (κ1) is 18.8. The number of aliphatic hydroxyl groups is 2. The van der Waals surface area contributed by atoms with E-state index in [1.807, 2.05) is 0 Å². The second-order valence-corrected chi connectivity index (χ2v) is 6.78. The van der Waals surface area contributed by atoms with Crippen LogP contribution in [-0.2, 0) is 0 Å². The Morgan fingerprint density at radius 3 is 2.61 bits per heavy atom. The van der Waals surface area contributed by atoms with Gasteiger partial charge in [0, 0.05) is 35.1 Å². The second kappa shape index (κ2) is 7.46. The van der Waals surface area contributed by atoms with Gasteiger partial charge >= 0.3 is 0 Å². The minimum atomic E-state index is -0.717. The smallest absolute Gasteiger partial charge is 0.150 e. The van der Waals surface area contributed by atoms with Crippen LogP contribution in [0.1, 0.15) is 18.1 Å². The molecular formula is C20H19F3N2O3. The van der Waals surface area contributed by atoms with Gasteiger partial charge in [-0.15, -0.1) is 0 Å². The number of rotatable bonds is 6. The largest absolute Gasteiger partial charge is 0.485 e. The monoisotopic (exact) mass is 392 g/mol. The molecule has 0 spiro atoms. The van der Waals surface area contributed by atoms with Crippen LogP contribution in [0.3, 0.4) is 0 Å². The van der Waals surface area contributed by atoms with E-state index in [1.165, 1.54) is 24.3 Å². The number of benzene rings is 2. The van der Waals surface area contributed by atoms with E-state index in [1.54, 1.807) is 0 Å². The number of fused-ring (bicyclic) bond motifs is 5. The summed E-state index contributed by atoms with van der Waals surface area (Å²) in [6.07, 6.45) is -0.213. The number of hydrogen-bond donors (Lipinski definition) is 4. The first-order valence-electron chi connectivity index (χ1n) is 8.94. The summed E-state index contributed by atoms with van der Waals surface area (Å²) in [7, 11) is 0. The van der Waals surface area contributed by atoms with Gasteiger partial charge in [-0.1, -0.05) is 0 Å². The van der Waals surface area contributed by atoms with Crippen molar-refractivity contribution < 1.29 is 28.1 Å². The molecule has 0 radical (unpaired) electrons. The van der Waals surface area contributed by atoms with Crippen molar-refractivity contribution in [3.8, 4) is 17.0 Å². The molecule has 0 amide bonds. The van der Waals surface area contributed by atoms with Gasteiger partial charge < -0.3 is 25.3 Å². The highest BCUT2D eigenvalue weighted by Gasteiger charge is 2.31. The highest BCUT2D eigenvalue weighted by molar-refractivity contribution is 5.93. The average Bonchev–Trinajstić information content (AvgIpc) is 3.05. The Kier molecular flexibility index (Phi) is 5.01. The molecule has 2 aromatic carbocycles. The Balaban J connectivity index is 1.77. The Bertz CT molecular complexity index is 1020. The predicted octanol–water partition coefficient (Wildman–Crippen LogP) is 3.02. The lowest BCUT2D eigenvalue weighted by molar-refractivity contribution is 0.157. The number of halogens is 3. The number of aromatic amines is 1. The zero-order valence-corrected chi connectivity index (χ0v) is 14.8. The fourth-order valence-electron chi connectivity index (χ4n) is 3.61. The molecule has 1 aliphatic heterocycles. The molecule has 0 aliphatic carbocycles. The molecule has 2 heterocycles. The lowest BCUT2D eigenvalue weighted by Gasteiger charge is -2.27. The van der Waals surface area contributed by atoms with E-state index in [0.29, 0.717) is 40.9 Å². The first-order chi connectivity index (χ1) is 13.5. The molecule has 0 saturated carbocycles. The van der Waals surface area contributed by atoms with Crippen LogP contribution in [0.15, 0.2) is 30.3 Å². The highest BCUT2D eigenvalue weighted by atomic mass is 19.1. The van der Waals surface area contributed by atoms with Crippen LogP contribution in [0.2, 0.25) is 0 Å². The number of H-pyrrole nitrogens is 1. The molecule has 0 saturated heterocycles. The molecule has 4 rings (SSSR count). The number of aliphatic hydroxyl groups excluding tert-OH is 2. The van der Waals surface area contributed by atoms with E-state index in [-0.39, 0.29) is 18.7 Å². The summed E-state index contributed by atoms with van der Waals surface area (Å²) in [5, 5.41) is 21.7. The van der Waals surface area contributed by atoms with Crippen molar-refractivity contribution in [1.82, 2.24) is 10.3 Å². The molecule has 1 aromatic heterocycles. The van der Waals surface area contributed by atoms with Gasteiger partial charge in [0.05, 0.1) is 30.5 Å². The van der Waals surface area contributed by atoms with E-state index in [2.05, 4.69) is 10.3 Å². The SMILES string of the molecule is OCC(CO)NCCC1Oc2cc(F)ccc2-c2[nH]c3c(F)cc(F)cc3c21. The third-order valence-electron chi connectivity index (χ3n) is 4.95. The van der Waals surface area contributed by atoms with Gasteiger partial charge in [0.15, 0.2) is 0 Å². The Morgan fingerprint density at radius 1 is 1.07 bits per heavy atom. The van der Waals surface area contributed by atoms with Crippen molar-refractivity contribution in [1.29, 1.82) is 0 Å². The van der Waals surface area contributed by atoms with Crippen LogP contribution >= 0.6 is 0 Å². The molecule has 1 aliphatic rings. The zero-order valence-electron chi connectivity index (χ0n) is 14.8. The van der Waals surface area contributed by atoms with Crippen molar-refractivity contribution in [2.45, 2.75) is 18.6 Å². The second-order valence-electron chi connectivity index (χ2n) is 6.78. The number of nitrogens with one attached hydrogen (secondary N) is 2. The number of hydrogen-bond acceptors (Lipinski definition) is 4. The summed E-state index contributed by atoms with van der Waals surface area (Å²) >= 11 is 0. The van der Waals surface area contributed by atoms with Crippen molar-refractivity contribution in [3.63, 3.8) is 0 Å². The first-order valence-corrected chi connectivity index (χ1v) is 8.94. The molecule has 8 heteroatoms. The Labute approximate surface area is 158 Å². The van der Waals surface area contributed by atoms with Crippen molar-refractivity contribution in [3.05, 3.63) is 53.3 Å². The third-order valence-corrected chi connectivity index (χ3v) is 4.95. The molecular weight excluding hydrogens is 373 g/mol. The van der Waals surface area contributed by atoms with E-state index in [0.717, 1.165) is 6.07 Å². The topological polar surface area (TPSA) is 77.5 Å². The van der Waals surface area contributed by atoms with Crippen molar-refractivity contribution in [2.75, 3.05) is 19.8 Å². The summed E-state index contributed by atoms with van der Waals surface area (Å²) in [4.78, 5) is 2.99. The maximum atomic E-state index is 14.3. The molecule has 0 bridgehead atoms. The molecule has 4 N–H and O–H groups in total. The molecule has 1 unspecified atom stereocenters. The fraction of sp³-hybridized carbons (Fsp3) is 0.300. The van der Waals surface area contributed by atoms with Gasteiger partial charge in [0.1, 0.15) is 29.3 Å². The molecule has 5 nitrogen and oxygen atoms in total. The Morgan fingerprint density at radius 2 is 1.86 bits per heavy atom. The summed E-state index contributed by atoms with van der Waals surface area (Å²) in [5.41, 5.74) is 1.89. The van der Waals surface area contributed by atoms with E-state index in [9.17, 15) is 13.2 Å². The van der Waals surface area contributed by atoms with E-state index < -0.39 is 29.6 Å². The lowest BCUT2D eigenvalue weighted by atomic mass is 9.95. The van der Waals surface area contributed by atoms with Crippen LogP contribution in [0.5, 0.6) is 5.75 Å². The quantitative estimate of drug-likeness (QED) is 0.520. The lowest BCUT2D eigenvalue weighted by Crippen LogP contribution is -2.37. The molecule has 1 atom stereocenters. The van der Waals surface area contributed by atoms with Crippen LogP contribution in [-0.4, -0.2) is 41.0 Å². The summed E-state index contributed by atoms with van der Waals surface area (Å²) in [6, 6.07) is 5.64. The van der Waals surface area contributed by atoms with Gasteiger partial charge in [-0.25, -0.2) is 13.2 Å². The molecule has 0 fully saturated rings. The van der Waals surface area contributed by atoms with Crippen molar-refractivity contribution >= 4 is 10.9 Å². The Hall–Kier alpha value is -2.55. The molecule has 3 aromatic rings. The summed E-state index contributed by atoms with van der Waals surface area (Å²) in [5.74, 6) is -1.57. The fourth-order valence-corrected chi connectivity index (χ4v) is 3.61. The van der Waals surface area contributed by atoms with E-state index in [4.69, 9.17) is 14.9 Å². The third kappa shape index (κ3) is 3.23. The maximum Gasteiger partial charge on any atom is 0.150 e. The van der Waals surface area contributed by atoms with Gasteiger partial charge in [-0.3, -0.25) is 0 Å². The standard InChI is InChI=1S/C20H19F3N2O3/c21-10-1-2-13-17(7-10)28-16(3-4-24-12(8-26)9-27)18-14-5-11(22)6-15(23)19(14)25-20(13)18/h1-2,5-7,12,16,24-27H,3-4,8-9H2. The maximum absolute atomic E-state index is 14.3. The normalized spacial score (nSPS) is 15.6. The molecule has 28 heavy (non-hydrogen) atoms. The minimum absolute atomic E-state index is 0.161. The van der Waals surface area contributed by atoms with Gasteiger partial charge in [0.25, 0.3) is 0 Å².